The molecule has 0 fully saturated rings. The lowest BCUT2D eigenvalue weighted by atomic mass is 9.81. The van der Waals surface area contributed by atoms with E-state index in [9.17, 15) is 0 Å². The Balaban J connectivity index is 1.91. The normalized spacial score (nSPS) is 17.1. The molecular formula is C26H28O5. The quantitative estimate of drug-likeness (QED) is 0.526. The maximum Gasteiger partial charge on any atom is 0.126 e. The summed E-state index contributed by atoms with van der Waals surface area (Å²) in [6.45, 7) is 0. The standard InChI is InChI=1S/C26H28O5/c1-27-19-8-6-16(7-9-19)23-13-18-12-22(30-4)15-24(31-5)26(18)25(23)17-10-20(28-2)14-21(11-17)29-3/h6-12,14-15,23,25H,13H2,1-5H3/t23-,25-/m1/s1. The molecule has 0 heterocycles. The van der Waals surface area contributed by atoms with Crippen LogP contribution in [0.2, 0.25) is 0 Å². The summed E-state index contributed by atoms with van der Waals surface area (Å²) < 4.78 is 27.8. The maximum absolute atomic E-state index is 5.82. The highest BCUT2D eigenvalue weighted by molar-refractivity contribution is 5.59. The molecule has 0 aromatic heterocycles. The summed E-state index contributed by atoms with van der Waals surface area (Å²) in [6, 6.07) is 18.5. The molecule has 0 amide bonds. The molecule has 0 aliphatic heterocycles. The van der Waals surface area contributed by atoms with Crippen molar-refractivity contribution in [2.45, 2.75) is 18.3 Å². The summed E-state index contributed by atoms with van der Waals surface area (Å²) in [5, 5.41) is 0. The second kappa shape index (κ2) is 8.80. The Morgan fingerprint density at radius 3 is 1.71 bits per heavy atom. The van der Waals surface area contributed by atoms with E-state index in [1.165, 1.54) is 16.7 Å². The van der Waals surface area contributed by atoms with Crippen LogP contribution in [0.3, 0.4) is 0 Å². The van der Waals surface area contributed by atoms with Gasteiger partial charge in [0, 0.05) is 23.6 Å². The molecule has 0 N–H and O–H groups in total. The molecule has 162 valence electrons. The first kappa shape index (κ1) is 20.9. The van der Waals surface area contributed by atoms with Crippen LogP contribution in [0.1, 0.15) is 34.1 Å². The zero-order valence-electron chi connectivity index (χ0n) is 18.6. The third-order valence-electron chi connectivity index (χ3n) is 6.09. The van der Waals surface area contributed by atoms with Crippen LogP contribution in [-0.4, -0.2) is 35.5 Å². The number of rotatable bonds is 7. The van der Waals surface area contributed by atoms with Crippen molar-refractivity contribution in [3.63, 3.8) is 0 Å². The van der Waals surface area contributed by atoms with Crippen LogP contribution >= 0.6 is 0 Å². The van der Waals surface area contributed by atoms with Gasteiger partial charge < -0.3 is 23.7 Å². The van der Waals surface area contributed by atoms with Crippen LogP contribution in [0.5, 0.6) is 28.7 Å². The van der Waals surface area contributed by atoms with Gasteiger partial charge in [0.1, 0.15) is 28.7 Å². The van der Waals surface area contributed by atoms with Crippen molar-refractivity contribution in [1.82, 2.24) is 0 Å². The van der Waals surface area contributed by atoms with E-state index in [1.54, 1.807) is 35.5 Å². The summed E-state index contributed by atoms with van der Waals surface area (Å²) in [4.78, 5) is 0. The summed E-state index contributed by atoms with van der Waals surface area (Å²) in [5.41, 5.74) is 4.77. The SMILES string of the molecule is COc1ccc([C@H]2Cc3cc(OC)cc(OC)c3[C@@H]2c2cc(OC)cc(OC)c2)cc1. The highest BCUT2D eigenvalue weighted by atomic mass is 16.5. The Labute approximate surface area is 183 Å². The lowest BCUT2D eigenvalue weighted by molar-refractivity contribution is 0.388. The van der Waals surface area contributed by atoms with Crippen molar-refractivity contribution in [1.29, 1.82) is 0 Å². The monoisotopic (exact) mass is 420 g/mol. The summed E-state index contributed by atoms with van der Waals surface area (Å²) in [6.07, 6.45) is 0.874. The van der Waals surface area contributed by atoms with Crippen LogP contribution in [-0.2, 0) is 6.42 Å². The van der Waals surface area contributed by atoms with Crippen LogP contribution < -0.4 is 23.7 Å². The fourth-order valence-electron chi connectivity index (χ4n) is 4.59. The minimum atomic E-state index is 0.0771. The first-order chi connectivity index (χ1) is 15.1. The third-order valence-corrected chi connectivity index (χ3v) is 6.09. The zero-order valence-corrected chi connectivity index (χ0v) is 18.6. The van der Waals surface area contributed by atoms with Gasteiger partial charge in [0.05, 0.1) is 35.5 Å². The number of hydrogen-bond acceptors (Lipinski definition) is 5. The largest absolute Gasteiger partial charge is 0.497 e. The van der Waals surface area contributed by atoms with E-state index < -0.39 is 0 Å². The maximum atomic E-state index is 5.82. The molecule has 3 aromatic rings. The minimum absolute atomic E-state index is 0.0771. The number of methoxy groups -OCH3 is 5. The van der Waals surface area contributed by atoms with Gasteiger partial charge in [-0.1, -0.05) is 12.1 Å². The molecule has 0 radical (unpaired) electrons. The van der Waals surface area contributed by atoms with E-state index in [0.29, 0.717) is 0 Å². The average Bonchev–Trinajstić information content (AvgIpc) is 3.22. The van der Waals surface area contributed by atoms with E-state index in [1.807, 2.05) is 24.3 Å². The molecule has 4 rings (SSSR count). The fourth-order valence-corrected chi connectivity index (χ4v) is 4.59. The van der Waals surface area contributed by atoms with Crippen molar-refractivity contribution < 1.29 is 23.7 Å². The molecule has 1 aliphatic carbocycles. The number of hydrogen-bond donors (Lipinski definition) is 0. The third kappa shape index (κ3) is 3.88. The van der Waals surface area contributed by atoms with Gasteiger partial charge >= 0.3 is 0 Å². The Morgan fingerprint density at radius 1 is 0.581 bits per heavy atom. The van der Waals surface area contributed by atoms with Gasteiger partial charge in [0.15, 0.2) is 0 Å². The zero-order chi connectivity index (χ0) is 22.0. The van der Waals surface area contributed by atoms with Gasteiger partial charge in [-0.15, -0.1) is 0 Å². The van der Waals surface area contributed by atoms with Crippen LogP contribution in [0, 0.1) is 0 Å². The molecule has 0 bridgehead atoms. The molecule has 5 nitrogen and oxygen atoms in total. The van der Waals surface area contributed by atoms with E-state index in [-0.39, 0.29) is 11.8 Å². The van der Waals surface area contributed by atoms with Crippen molar-refractivity contribution in [2.75, 3.05) is 35.5 Å². The molecule has 3 aromatic carbocycles. The summed E-state index contributed by atoms with van der Waals surface area (Å²) in [7, 11) is 8.42. The van der Waals surface area contributed by atoms with Crippen LogP contribution in [0.4, 0.5) is 0 Å². The molecule has 0 saturated heterocycles. The Bertz CT molecular complexity index is 1040. The van der Waals surface area contributed by atoms with Gasteiger partial charge in [-0.05, 0) is 59.4 Å². The number of fused-ring (bicyclic) bond motifs is 1. The van der Waals surface area contributed by atoms with Crippen LogP contribution in [0.15, 0.2) is 54.6 Å². The fraction of sp³-hybridized carbons (Fsp3) is 0.308. The van der Waals surface area contributed by atoms with Crippen LogP contribution in [0.25, 0.3) is 0 Å². The van der Waals surface area contributed by atoms with E-state index >= 15 is 0 Å². The van der Waals surface area contributed by atoms with Gasteiger partial charge in [-0.3, -0.25) is 0 Å². The Hall–Kier alpha value is -3.34. The molecular weight excluding hydrogens is 392 g/mol. The van der Waals surface area contributed by atoms with E-state index in [0.717, 1.165) is 40.7 Å². The van der Waals surface area contributed by atoms with Gasteiger partial charge in [-0.2, -0.15) is 0 Å². The highest BCUT2D eigenvalue weighted by Crippen LogP contribution is 2.53. The lowest BCUT2D eigenvalue weighted by Crippen LogP contribution is -2.09. The Morgan fingerprint density at radius 2 is 1.16 bits per heavy atom. The predicted octanol–water partition coefficient (Wildman–Crippen LogP) is 5.20. The first-order valence-electron chi connectivity index (χ1n) is 10.2. The van der Waals surface area contributed by atoms with Crippen molar-refractivity contribution >= 4 is 0 Å². The van der Waals surface area contributed by atoms with Gasteiger partial charge in [-0.25, -0.2) is 0 Å². The second-order valence-electron chi connectivity index (χ2n) is 7.61. The van der Waals surface area contributed by atoms with E-state index in [4.69, 9.17) is 23.7 Å². The molecule has 31 heavy (non-hydrogen) atoms. The number of benzene rings is 3. The average molecular weight is 421 g/mol. The van der Waals surface area contributed by atoms with Crippen molar-refractivity contribution in [3.8, 4) is 28.7 Å². The topological polar surface area (TPSA) is 46.2 Å². The molecule has 1 aliphatic rings. The highest BCUT2D eigenvalue weighted by Gasteiger charge is 2.38. The summed E-state index contributed by atoms with van der Waals surface area (Å²) >= 11 is 0. The molecule has 5 heteroatoms. The first-order valence-corrected chi connectivity index (χ1v) is 10.2. The van der Waals surface area contributed by atoms with Gasteiger partial charge in [0.25, 0.3) is 0 Å². The van der Waals surface area contributed by atoms with Crippen molar-refractivity contribution in [2.24, 2.45) is 0 Å². The molecule has 2 atom stereocenters. The molecule has 0 unspecified atom stereocenters. The smallest absolute Gasteiger partial charge is 0.126 e. The summed E-state index contributed by atoms with van der Waals surface area (Å²) in [5.74, 6) is 4.31. The van der Waals surface area contributed by atoms with Gasteiger partial charge in [0.2, 0.25) is 0 Å². The van der Waals surface area contributed by atoms with E-state index in [2.05, 4.69) is 30.3 Å². The van der Waals surface area contributed by atoms with Crippen molar-refractivity contribution in [3.05, 3.63) is 76.9 Å². The molecule has 0 saturated carbocycles. The lowest BCUT2D eigenvalue weighted by Gasteiger charge is -2.24. The predicted molar refractivity (Wildman–Crippen MR) is 120 cm³/mol. The molecule has 0 spiro atoms. The minimum Gasteiger partial charge on any atom is -0.497 e. The Kier molecular flexibility index (Phi) is 5.94. The number of ether oxygens (including phenoxy) is 5. The second-order valence-corrected chi connectivity index (χ2v) is 7.61.